The molecule has 0 aliphatic carbocycles. The molecule has 5 heteroatoms. The number of amides is 1. The van der Waals surface area contributed by atoms with Crippen LogP contribution in [-0.4, -0.2) is 51.1 Å². The minimum absolute atomic E-state index is 0.0554. The van der Waals surface area contributed by atoms with Gasteiger partial charge < -0.3 is 5.32 Å². The van der Waals surface area contributed by atoms with Crippen LogP contribution in [0.25, 0.3) is 0 Å². The first kappa shape index (κ1) is 17.8. The number of carbonyl (C=O) groups excluding carboxylic acids is 2. The van der Waals surface area contributed by atoms with E-state index in [9.17, 15) is 9.59 Å². The quantitative estimate of drug-likeness (QED) is 0.384. The summed E-state index contributed by atoms with van der Waals surface area (Å²) in [4.78, 5) is 22.4. The van der Waals surface area contributed by atoms with E-state index in [-0.39, 0.29) is 5.78 Å². The first-order valence-electron chi connectivity index (χ1n) is 7.52. The molecule has 1 saturated heterocycles. The molecule has 117 valence electrons. The van der Waals surface area contributed by atoms with Crippen molar-refractivity contribution in [3.8, 4) is 0 Å². The molecule has 1 heterocycles. The third-order valence-electron chi connectivity index (χ3n) is 3.45. The van der Waals surface area contributed by atoms with Crippen molar-refractivity contribution in [1.82, 2.24) is 5.32 Å². The summed E-state index contributed by atoms with van der Waals surface area (Å²) in [6.45, 7) is 2.57. The predicted molar refractivity (Wildman–Crippen MR) is 93.0 cm³/mol. The monoisotopic (exact) mass is 503 g/mol. The van der Waals surface area contributed by atoms with E-state index < -0.39 is 0 Å². The standard InChI is InChI=1S/C14H11NO2.C4H8N.Pb/c16-10-15-13-8-4-7-12(9-13)14(17)11-5-2-1-3-6-11;1-2-4-5-3-1;/h1-10H,(H,15,16);1,5H,2-4H2;. The number of hydrogen-bond acceptors (Lipinski definition) is 3. The van der Waals surface area contributed by atoms with E-state index in [0.29, 0.717) is 23.2 Å². The molecule has 1 aliphatic rings. The van der Waals surface area contributed by atoms with E-state index >= 15 is 0 Å². The molecule has 2 aromatic rings. The van der Waals surface area contributed by atoms with Crippen molar-refractivity contribution in [1.29, 1.82) is 0 Å². The van der Waals surface area contributed by atoms with Gasteiger partial charge in [-0.25, -0.2) is 0 Å². The molecule has 4 nitrogen and oxygen atoms in total. The molecule has 2 N–H and O–H groups in total. The van der Waals surface area contributed by atoms with E-state index in [1.165, 1.54) is 45.3 Å². The summed E-state index contributed by atoms with van der Waals surface area (Å²) in [5, 5.41) is 5.83. The summed E-state index contributed by atoms with van der Waals surface area (Å²) >= 11 is 1.39. The van der Waals surface area contributed by atoms with Crippen molar-refractivity contribution in [3.05, 3.63) is 65.7 Å². The first-order valence-corrected chi connectivity index (χ1v) is 9.77. The fraction of sp³-hybridized carbons (Fsp3) is 0.222. The Bertz CT molecular complexity index is 640. The van der Waals surface area contributed by atoms with Crippen molar-refractivity contribution in [2.75, 3.05) is 18.4 Å². The van der Waals surface area contributed by atoms with E-state index in [2.05, 4.69) is 10.6 Å². The molecule has 1 unspecified atom stereocenters. The molecule has 1 amide bonds. The summed E-state index contributed by atoms with van der Waals surface area (Å²) < 4.78 is 1.07. The number of hydrogen-bond donors (Lipinski definition) is 2. The van der Waals surface area contributed by atoms with Gasteiger partial charge in [-0.05, 0) is 12.1 Å². The molecular formula is C18H19N2O2Pb. The molecule has 3 rings (SSSR count). The van der Waals surface area contributed by atoms with Crippen LogP contribution in [0.5, 0.6) is 0 Å². The molecule has 0 saturated carbocycles. The maximum atomic E-state index is 12.1. The van der Waals surface area contributed by atoms with Crippen LogP contribution in [0.4, 0.5) is 5.69 Å². The Morgan fingerprint density at radius 3 is 2.43 bits per heavy atom. The number of anilines is 1. The second-order valence-electron chi connectivity index (χ2n) is 5.23. The molecule has 0 aromatic heterocycles. The second kappa shape index (κ2) is 9.57. The minimum atomic E-state index is -0.0554. The van der Waals surface area contributed by atoms with Crippen LogP contribution < -0.4 is 10.6 Å². The molecular weight excluding hydrogens is 483 g/mol. The summed E-state index contributed by atoms with van der Waals surface area (Å²) in [5.74, 6) is -0.0554. The van der Waals surface area contributed by atoms with Crippen molar-refractivity contribution in [3.63, 3.8) is 0 Å². The normalized spacial score (nSPS) is 16.1. The van der Waals surface area contributed by atoms with Crippen molar-refractivity contribution >= 4 is 43.6 Å². The molecule has 1 aliphatic heterocycles. The van der Waals surface area contributed by atoms with Crippen molar-refractivity contribution in [2.24, 2.45) is 0 Å². The number of nitrogens with one attached hydrogen (secondary N) is 2. The number of benzene rings is 2. The van der Waals surface area contributed by atoms with Crippen LogP contribution in [-0.2, 0) is 4.79 Å². The molecule has 2 aromatic carbocycles. The average molecular weight is 503 g/mol. The fourth-order valence-electron chi connectivity index (χ4n) is 2.23. The number of rotatable bonds is 4. The van der Waals surface area contributed by atoms with Gasteiger partial charge in [0, 0.05) is 16.8 Å². The van der Waals surface area contributed by atoms with Crippen LogP contribution in [0.2, 0.25) is 3.48 Å². The summed E-state index contributed by atoms with van der Waals surface area (Å²) in [6.07, 6.45) is 2.03. The zero-order chi connectivity index (χ0) is 16.5. The molecule has 1 fully saturated rings. The van der Waals surface area contributed by atoms with E-state index in [1.54, 1.807) is 36.4 Å². The van der Waals surface area contributed by atoms with Crippen LogP contribution in [0, 0.1) is 0 Å². The third kappa shape index (κ3) is 5.87. The molecule has 0 spiro atoms. The first-order chi connectivity index (χ1) is 11.2. The predicted octanol–water partition coefficient (Wildman–Crippen LogP) is 2.42. The summed E-state index contributed by atoms with van der Waals surface area (Å²) in [5.41, 5.74) is 1.81. The second-order valence-corrected chi connectivity index (χ2v) is 8.40. The van der Waals surface area contributed by atoms with Gasteiger partial charge in [0.15, 0.2) is 5.78 Å². The van der Waals surface area contributed by atoms with Gasteiger partial charge in [-0.1, -0.05) is 42.5 Å². The molecule has 23 heavy (non-hydrogen) atoms. The Morgan fingerprint density at radius 2 is 1.87 bits per heavy atom. The van der Waals surface area contributed by atoms with Gasteiger partial charge in [0.2, 0.25) is 6.41 Å². The fourth-order valence-corrected chi connectivity index (χ4v) is 3.35. The topological polar surface area (TPSA) is 58.2 Å². The SMILES string of the molecule is O=CNc1cccc(C(=O)c2ccccc2)c1.[Pb][CH]1CCNC1. The molecule has 1 atom stereocenters. The van der Waals surface area contributed by atoms with Crippen molar-refractivity contribution in [2.45, 2.75) is 9.90 Å². The van der Waals surface area contributed by atoms with Gasteiger partial charge in [0.1, 0.15) is 0 Å². The Hall–Kier alpha value is -1.54. The zero-order valence-electron chi connectivity index (χ0n) is 12.8. The van der Waals surface area contributed by atoms with Gasteiger partial charge in [-0.15, -0.1) is 0 Å². The third-order valence-corrected chi connectivity index (χ3v) is 5.36. The van der Waals surface area contributed by atoms with Crippen molar-refractivity contribution < 1.29 is 9.59 Å². The van der Waals surface area contributed by atoms with E-state index in [0.717, 1.165) is 3.48 Å². The van der Waals surface area contributed by atoms with E-state index in [4.69, 9.17) is 0 Å². The molecule has 3 radical (unpaired) electrons. The molecule has 0 bridgehead atoms. The van der Waals surface area contributed by atoms with Gasteiger partial charge in [0.05, 0.1) is 0 Å². The number of carbonyl (C=O) groups is 2. The summed E-state index contributed by atoms with van der Waals surface area (Å²) in [7, 11) is 0. The van der Waals surface area contributed by atoms with Crippen LogP contribution in [0.15, 0.2) is 54.6 Å². The van der Waals surface area contributed by atoms with Gasteiger partial charge >= 0.3 is 54.1 Å². The maximum absolute atomic E-state index is 12.1. The van der Waals surface area contributed by atoms with Gasteiger partial charge in [-0.3, -0.25) is 9.59 Å². The van der Waals surface area contributed by atoms with Crippen LogP contribution >= 0.6 is 0 Å². The Morgan fingerprint density at radius 1 is 1.13 bits per heavy atom. The zero-order valence-corrected chi connectivity index (χ0v) is 16.7. The average Bonchev–Trinajstić information content (AvgIpc) is 3.07. The van der Waals surface area contributed by atoms with Crippen LogP contribution in [0.3, 0.4) is 0 Å². The van der Waals surface area contributed by atoms with Crippen LogP contribution in [0.1, 0.15) is 22.3 Å². The Kier molecular flexibility index (Phi) is 7.41. The number of ketones is 1. The van der Waals surface area contributed by atoms with E-state index in [1.807, 2.05) is 18.2 Å². The van der Waals surface area contributed by atoms with Gasteiger partial charge in [0.25, 0.3) is 0 Å². The Labute approximate surface area is 152 Å². The Balaban J connectivity index is 0.000000268. The van der Waals surface area contributed by atoms with Gasteiger partial charge in [-0.2, -0.15) is 0 Å². The summed E-state index contributed by atoms with van der Waals surface area (Å²) in [6, 6.07) is 15.9.